The van der Waals surface area contributed by atoms with E-state index in [0.29, 0.717) is 33.9 Å². The molecule has 2 heterocycles. The highest BCUT2D eigenvalue weighted by Crippen LogP contribution is 2.31. The fourth-order valence-electron chi connectivity index (χ4n) is 3.29. The monoisotopic (exact) mass is 463 g/mol. The number of thioether (sulfide) groups is 1. The summed E-state index contributed by atoms with van der Waals surface area (Å²) in [7, 11) is 3.17. The molecule has 4 aromatic rings. The fourth-order valence-corrected chi connectivity index (χ4v) is 3.95. The zero-order chi connectivity index (χ0) is 23.4. The van der Waals surface area contributed by atoms with Gasteiger partial charge in [-0.15, -0.1) is 10.2 Å². The van der Waals surface area contributed by atoms with Crippen molar-refractivity contribution in [3.05, 3.63) is 60.2 Å². The fraction of sp³-hybridized carbons (Fsp3) is 0.250. The summed E-state index contributed by atoms with van der Waals surface area (Å²) in [5, 5.41) is 16.7. The van der Waals surface area contributed by atoms with Crippen LogP contribution in [0.1, 0.15) is 25.3 Å². The molecule has 9 heteroatoms. The molecule has 0 unspecified atom stereocenters. The van der Waals surface area contributed by atoms with Gasteiger partial charge < -0.3 is 14.8 Å². The van der Waals surface area contributed by atoms with E-state index >= 15 is 0 Å². The number of hydrogen-bond donors (Lipinski definition) is 1. The number of rotatable bonds is 8. The molecular formula is C24H25N5O3S. The van der Waals surface area contributed by atoms with Gasteiger partial charge >= 0.3 is 0 Å². The van der Waals surface area contributed by atoms with E-state index in [1.54, 1.807) is 18.7 Å². The van der Waals surface area contributed by atoms with Crippen LogP contribution in [-0.4, -0.2) is 45.7 Å². The van der Waals surface area contributed by atoms with E-state index < -0.39 is 0 Å². The number of benzene rings is 2. The van der Waals surface area contributed by atoms with Crippen LogP contribution in [0.15, 0.2) is 59.6 Å². The van der Waals surface area contributed by atoms with E-state index in [4.69, 9.17) is 9.47 Å². The second-order valence-electron chi connectivity index (χ2n) is 7.65. The minimum absolute atomic E-state index is 0.0944. The number of aromatic nitrogens is 4. The zero-order valence-corrected chi connectivity index (χ0v) is 19.7. The predicted molar refractivity (Wildman–Crippen MR) is 129 cm³/mol. The molecule has 170 valence electrons. The van der Waals surface area contributed by atoms with Crippen LogP contribution in [0, 0.1) is 0 Å². The van der Waals surface area contributed by atoms with Crippen LogP contribution in [0.5, 0.6) is 11.5 Å². The molecule has 0 aliphatic heterocycles. The molecule has 2 aromatic carbocycles. The van der Waals surface area contributed by atoms with Crippen molar-refractivity contribution in [3.8, 4) is 22.9 Å². The average Bonchev–Trinajstić information content (AvgIpc) is 3.26. The number of carbonyl (C=O) groups excluding carboxylic acids is 1. The van der Waals surface area contributed by atoms with Gasteiger partial charge in [-0.3, -0.25) is 4.79 Å². The first-order valence-corrected chi connectivity index (χ1v) is 11.4. The maximum absolute atomic E-state index is 12.4. The maximum Gasteiger partial charge on any atom is 0.234 e. The van der Waals surface area contributed by atoms with Gasteiger partial charge in [0.25, 0.3) is 0 Å². The molecule has 1 amide bonds. The Labute approximate surface area is 196 Å². The zero-order valence-electron chi connectivity index (χ0n) is 18.9. The van der Waals surface area contributed by atoms with Crippen molar-refractivity contribution >= 4 is 29.0 Å². The molecule has 0 spiro atoms. The van der Waals surface area contributed by atoms with Crippen LogP contribution in [0.25, 0.3) is 17.0 Å². The van der Waals surface area contributed by atoms with E-state index in [1.165, 1.54) is 17.3 Å². The maximum atomic E-state index is 12.4. The average molecular weight is 464 g/mol. The summed E-state index contributed by atoms with van der Waals surface area (Å²) >= 11 is 1.35. The molecule has 1 N–H and O–H groups in total. The van der Waals surface area contributed by atoms with Crippen LogP contribution in [0.2, 0.25) is 0 Å². The summed E-state index contributed by atoms with van der Waals surface area (Å²) in [5.41, 5.74) is 3.42. The van der Waals surface area contributed by atoms with Gasteiger partial charge in [-0.1, -0.05) is 37.7 Å². The topological polar surface area (TPSA) is 90.6 Å². The summed E-state index contributed by atoms with van der Waals surface area (Å²) in [6.45, 7) is 4.28. The third kappa shape index (κ3) is 5.09. The largest absolute Gasteiger partial charge is 0.493 e. The predicted octanol–water partition coefficient (Wildman–Crippen LogP) is 4.66. The Bertz CT molecular complexity index is 1270. The van der Waals surface area contributed by atoms with E-state index in [-0.39, 0.29) is 11.7 Å². The second-order valence-corrected chi connectivity index (χ2v) is 8.64. The number of amides is 1. The number of nitrogens with zero attached hydrogens (tertiary/aromatic N) is 4. The molecule has 0 saturated carbocycles. The van der Waals surface area contributed by atoms with Gasteiger partial charge in [-0.25, -0.2) is 0 Å². The Balaban J connectivity index is 1.47. The molecule has 0 aliphatic carbocycles. The van der Waals surface area contributed by atoms with Crippen LogP contribution in [0.3, 0.4) is 0 Å². The normalized spacial score (nSPS) is 11.1. The number of hydrogen-bond acceptors (Lipinski definition) is 7. The van der Waals surface area contributed by atoms with Gasteiger partial charge in [0.2, 0.25) is 5.91 Å². The number of anilines is 1. The minimum atomic E-state index is -0.0944. The van der Waals surface area contributed by atoms with Crippen molar-refractivity contribution in [2.24, 2.45) is 0 Å². The summed E-state index contributed by atoms with van der Waals surface area (Å²) in [6.07, 6.45) is 0. The Morgan fingerprint density at radius 2 is 1.76 bits per heavy atom. The molecular weight excluding hydrogens is 438 g/mol. The van der Waals surface area contributed by atoms with Crippen molar-refractivity contribution in [1.29, 1.82) is 0 Å². The molecule has 0 radical (unpaired) electrons. The Morgan fingerprint density at radius 1 is 1.00 bits per heavy atom. The van der Waals surface area contributed by atoms with Gasteiger partial charge in [0.05, 0.1) is 20.0 Å². The SMILES string of the molecule is COc1ccc(-c2nnc3ccc(SCC(=O)Nc4ccc(C(C)C)cc4)nn23)cc1OC. The molecule has 4 rings (SSSR count). The van der Waals surface area contributed by atoms with Gasteiger partial charge in [-0.2, -0.15) is 9.61 Å². The van der Waals surface area contributed by atoms with Crippen LogP contribution >= 0.6 is 11.8 Å². The summed E-state index contributed by atoms with van der Waals surface area (Å²) < 4.78 is 12.4. The Morgan fingerprint density at radius 3 is 2.45 bits per heavy atom. The molecule has 0 bridgehead atoms. The third-order valence-electron chi connectivity index (χ3n) is 5.09. The standard InChI is InChI=1S/C24H25N5O3S/c1-15(2)16-5-8-18(9-6-16)25-22(30)14-33-23-12-11-21-26-27-24(29(21)28-23)17-7-10-19(31-3)20(13-17)32-4/h5-13,15H,14H2,1-4H3,(H,25,30). The van der Waals surface area contributed by atoms with Crippen molar-refractivity contribution in [2.75, 3.05) is 25.3 Å². The van der Waals surface area contributed by atoms with Crippen LogP contribution in [-0.2, 0) is 4.79 Å². The van der Waals surface area contributed by atoms with Crippen molar-refractivity contribution in [1.82, 2.24) is 19.8 Å². The molecule has 0 saturated heterocycles. The number of ether oxygens (including phenoxy) is 2. The number of methoxy groups -OCH3 is 2. The lowest BCUT2D eigenvalue weighted by molar-refractivity contribution is -0.113. The highest BCUT2D eigenvalue weighted by Gasteiger charge is 2.14. The number of nitrogens with one attached hydrogen (secondary N) is 1. The van der Waals surface area contributed by atoms with Crippen molar-refractivity contribution in [3.63, 3.8) is 0 Å². The molecule has 0 fully saturated rings. The molecule has 2 aromatic heterocycles. The lowest BCUT2D eigenvalue weighted by Crippen LogP contribution is -2.14. The van der Waals surface area contributed by atoms with E-state index in [0.717, 1.165) is 11.3 Å². The lowest BCUT2D eigenvalue weighted by atomic mass is 10.0. The molecule has 0 atom stereocenters. The summed E-state index contributed by atoms with van der Waals surface area (Å²) in [5.74, 6) is 2.39. The minimum Gasteiger partial charge on any atom is -0.493 e. The number of fused-ring (bicyclic) bond motifs is 1. The summed E-state index contributed by atoms with van der Waals surface area (Å²) in [4.78, 5) is 12.4. The third-order valence-corrected chi connectivity index (χ3v) is 6.01. The lowest BCUT2D eigenvalue weighted by Gasteiger charge is -2.09. The van der Waals surface area contributed by atoms with Crippen molar-refractivity contribution in [2.45, 2.75) is 24.8 Å². The van der Waals surface area contributed by atoms with Gasteiger partial charge in [-0.05, 0) is 53.9 Å². The first-order chi connectivity index (χ1) is 16.0. The smallest absolute Gasteiger partial charge is 0.234 e. The van der Waals surface area contributed by atoms with E-state index in [9.17, 15) is 4.79 Å². The van der Waals surface area contributed by atoms with E-state index in [2.05, 4.69) is 34.5 Å². The van der Waals surface area contributed by atoms with Gasteiger partial charge in [0.1, 0.15) is 5.03 Å². The second kappa shape index (κ2) is 9.91. The quantitative estimate of drug-likeness (QED) is 0.380. The van der Waals surface area contributed by atoms with Gasteiger partial charge in [0, 0.05) is 11.3 Å². The summed E-state index contributed by atoms with van der Waals surface area (Å²) in [6, 6.07) is 17.1. The first kappa shape index (κ1) is 22.6. The molecule has 8 nitrogen and oxygen atoms in total. The highest BCUT2D eigenvalue weighted by molar-refractivity contribution is 7.99. The van der Waals surface area contributed by atoms with Crippen molar-refractivity contribution < 1.29 is 14.3 Å². The van der Waals surface area contributed by atoms with E-state index in [1.807, 2.05) is 54.6 Å². The Hall–Kier alpha value is -3.59. The molecule has 0 aliphatic rings. The first-order valence-electron chi connectivity index (χ1n) is 10.5. The van der Waals surface area contributed by atoms with Crippen LogP contribution in [0.4, 0.5) is 5.69 Å². The molecule has 33 heavy (non-hydrogen) atoms. The number of carbonyl (C=O) groups is 1. The van der Waals surface area contributed by atoms with Gasteiger partial charge in [0.15, 0.2) is 23.0 Å². The van der Waals surface area contributed by atoms with Crippen LogP contribution < -0.4 is 14.8 Å². The highest BCUT2D eigenvalue weighted by atomic mass is 32.2. The Kier molecular flexibility index (Phi) is 6.79.